The molecule has 0 bridgehead atoms. The fourth-order valence-corrected chi connectivity index (χ4v) is 3.48. The van der Waals surface area contributed by atoms with Crippen molar-refractivity contribution in [3.63, 3.8) is 0 Å². The van der Waals surface area contributed by atoms with Gasteiger partial charge in [-0.2, -0.15) is 0 Å². The zero-order chi connectivity index (χ0) is 24.7. The van der Waals surface area contributed by atoms with Crippen LogP contribution >= 0.6 is 0 Å². The van der Waals surface area contributed by atoms with Crippen LogP contribution in [0.1, 0.15) is 22.0 Å². The quantitative estimate of drug-likeness (QED) is 0.274. The molecule has 0 fully saturated rings. The van der Waals surface area contributed by atoms with E-state index in [1.54, 1.807) is 12.1 Å². The van der Waals surface area contributed by atoms with Gasteiger partial charge in [0, 0.05) is 19.8 Å². The molecule has 2 aromatic carbocycles. The van der Waals surface area contributed by atoms with Crippen LogP contribution in [0.25, 0.3) is 0 Å². The number of aromatic hydroxyl groups is 1. The van der Waals surface area contributed by atoms with Gasteiger partial charge in [0.05, 0.1) is 33.5 Å². The second-order valence-corrected chi connectivity index (χ2v) is 7.07. The molecule has 1 aliphatic heterocycles. The minimum Gasteiger partial charge on any atom is -0.504 e. The van der Waals surface area contributed by atoms with E-state index >= 15 is 0 Å². The Morgan fingerprint density at radius 3 is 2.09 bits per heavy atom. The van der Waals surface area contributed by atoms with Gasteiger partial charge in [-0.05, 0) is 18.2 Å². The number of carbonyl (C=O) groups excluding carboxylic acids is 1. The van der Waals surface area contributed by atoms with E-state index < -0.39 is 12.2 Å². The van der Waals surface area contributed by atoms with Gasteiger partial charge in [0.2, 0.25) is 17.2 Å². The Morgan fingerprint density at radius 2 is 1.53 bits per heavy atom. The summed E-state index contributed by atoms with van der Waals surface area (Å²) in [6.45, 7) is 0.0443. The maximum absolute atomic E-state index is 11.4. The molecule has 2 aromatic rings. The number of fused-ring (bicyclic) bond motifs is 1. The van der Waals surface area contributed by atoms with Crippen LogP contribution in [0, 0.1) is 0 Å². The van der Waals surface area contributed by atoms with Gasteiger partial charge in [-0.15, -0.1) is 0 Å². The van der Waals surface area contributed by atoms with E-state index in [-0.39, 0.29) is 48.8 Å². The Kier molecular flexibility index (Phi) is 8.63. The van der Waals surface area contributed by atoms with Gasteiger partial charge in [-0.3, -0.25) is 4.79 Å². The lowest BCUT2D eigenvalue weighted by atomic mass is 10.0. The fraction of sp³-hybridized carbons (Fsp3) is 0.435. The van der Waals surface area contributed by atoms with Gasteiger partial charge in [0.1, 0.15) is 6.79 Å². The number of aldehydes is 1. The molecule has 3 rings (SSSR count). The minimum atomic E-state index is -0.751. The Balaban J connectivity index is 2.10. The molecule has 186 valence electrons. The van der Waals surface area contributed by atoms with Gasteiger partial charge in [0.15, 0.2) is 48.3 Å². The van der Waals surface area contributed by atoms with E-state index in [0.717, 1.165) is 0 Å². The molecule has 0 saturated carbocycles. The first kappa shape index (κ1) is 25.2. The predicted octanol–water partition coefficient (Wildman–Crippen LogP) is 2.71. The molecule has 0 saturated heterocycles. The highest BCUT2D eigenvalue weighted by Gasteiger charge is 2.38. The van der Waals surface area contributed by atoms with Crippen molar-refractivity contribution in [3.05, 3.63) is 29.3 Å². The molecule has 0 radical (unpaired) electrons. The highest BCUT2D eigenvalue weighted by molar-refractivity contribution is 5.84. The smallest absolute Gasteiger partial charge is 0.208 e. The number of methoxy groups -OCH3 is 5. The van der Waals surface area contributed by atoms with Gasteiger partial charge in [-0.25, -0.2) is 0 Å². The molecule has 11 nitrogen and oxygen atoms in total. The van der Waals surface area contributed by atoms with Crippen LogP contribution in [-0.4, -0.2) is 73.2 Å². The highest BCUT2D eigenvalue weighted by Crippen LogP contribution is 2.52. The Morgan fingerprint density at radius 1 is 0.882 bits per heavy atom. The van der Waals surface area contributed by atoms with Crippen molar-refractivity contribution < 1.29 is 52.5 Å². The van der Waals surface area contributed by atoms with Crippen LogP contribution < -0.4 is 28.4 Å². The molecule has 11 heteroatoms. The van der Waals surface area contributed by atoms with Crippen molar-refractivity contribution in [1.82, 2.24) is 0 Å². The van der Waals surface area contributed by atoms with Gasteiger partial charge < -0.3 is 47.7 Å². The normalized spacial score (nSPS) is 16.6. The van der Waals surface area contributed by atoms with E-state index in [1.807, 2.05) is 0 Å². The summed E-state index contributed by atoms with van der Waals surface area (Å²) in [5.41, 5.74) is 0.605. The third-order valence-corrected chi connectivity index (χ3v) is 5.02. The topological polar surface area (TPSA) is 120 Å². The Labute approximate surface area is 196 Å². The first-order chi connectivity index (χ1) is 16.5. The lowest BCUT2D eigenvalue weighted by Gasteiger charge is -2.35. The fourth-order valence-electron chi connectivity index (χ4n) is 3.48. The Hall–Kier alpha value is -3.41. The van der Waals surface area contributed by atoms with Crippen LogP contribution in [0.5, 0.6) is 40.2 Å². The molecule has 1 aliphatic rings. The molecule has 0 aliphatic carbocycles. The van der Waals surface area contributed by atoms with Crippen molar-refractivity contribution in [1.29, 1.82) is 0 Å². The van der Waals surface area contributed by atoms with Gasteiger partial charge >= 0.3 is 0 Å². The van der Waals surface area contributed by atoms with Crippen molar-refractivity contribution in [2.45, 2.75) is 12.2 Å². The summed E-state index contributed by atoms with van der Waals surface area (Å²) in [5.74, 6) is 1.08. The van der Waals surface area contributed by atoms with E-state index in [1.165, 1.54) is 41.6 Å². The molecule has 0 aromatic heterocycles. The number of benzene rings is 2. The second-order valence-electron chi connectivity index (χ2n) is 7.07. The lowest BCUT2D eigenvalue weighted by molar-refractivity contribution is -0.0879. The molecular formula is C23H28O11. The summed E-state index contributed by atoms with van der Waals surface area (Å²) in [6.07, 6.45) is -1.00. The molecule has 0 unspecified atom stereocenters. The summed E-state index contributed by atoms with van der Waals surface area (Å²) >= 11 is 0. The van der Waals surface area contributed by atoms with Crippen LogP contribution in [0.3, 0.4) is 0 Å². The van der Waals surface area contributed by atoms with E-state index in [9.17, 15) is 9.90 Å². The van der Waals surface area contributed by atoms with Crippen molar-refractivity contribution in [2.75, 3.05) is 55.7 Å². The molecule has 34 heavy (non-hydrogen) atoms. The molecule has 1 N–H and O–H groups in total. The second kappa shape index (κ2) is 11.6. The number of phenolic OH excluding ortho intramolecular Hbond substituents is 1. The van der Waals surface area contributed by atoms with Gasteiger partial charge in [-0.1, -0.05) is 0 Å². The zero-order valence-corrected chi connectivity index (χ0v) is 19.6. The minimum absolute atomic E-state index is 0.00260. The molecule has 1 heterocycles. The number of rotatable bonds is 12. The summed E-state index contributed by atoms with van der Waals surface area (Å²) < 4.78 is 49.8. The number of carbonyl (C=O) groups is 1. The molecule has 0 amide bonds. The summed E-state index contributed by atoms with van der Waals surface area (Å²) in [5, 5.41) is 10.6. The van der Waals surface area contributed by atoms with Crippen molar-refractivity contribution >= 4 is 6.29 Å². The summed E-state index contributed by atoms with van der Waals surface area (Å²) in [7, 11) is 7.40. The van der Waals surface area contributed by atoms with E-state index in [0.29, 0.717) is 29.1 Å². The molecule has 2 atom stereocenters. The van der Waals surface area contributed by atoms with Crippen LogP contribution in [-0.2, 0) is 14.2 Å². The largest absolute Gasteiger partial charge is 0.504 e. The van der Waals surface area contributed by atoms with Crippen LogP contribution in [0.2, 0.25) is 0 Å². The van der Waals surface area contributed by atoms with Crippen molar-refractivity contribution in [3.8, 4) is 40.2 Å². The SMILES string of the molecule is COCOC[C@@H]1Oc2c(O)c(C=O)cc(OC)c2O[C@H]1c1cc(OC)c(OCOC)c(OC)c1. The van der Waals surface area contributed by atoms with Crippen LogP contribution in [0.15, 0.2) is 18.2 Å². The van der Waals surface area contributed by atoms with Crippen molar-refractivity contribution in [2.24, 2.45) is 0 Å². The lowest BCUT2D eigenvalue weighted by Crippen LogP contribution is -2.37. The molecular weight excluding hydrogens is 452 g/mol. The zero-order valence-electron chi connectivity index (χ0n) is 19.6. The standard InChI is InChI=1S/C23H28O11/c1-26-11-31-10-18-20(13-6-15(28-3)21(32-12-27-2)16(7-13)29-4)34-22-17(30-5)8-14(9-24)19(25)23(22)33-18/h6-9,18,20,25H,10-12H2,1-5H3/t18-,20-/m0/s1. The van der Waals surface area contributed by atoms with E-state index in [4.69, 9.17) is 42.6 Å². The third kappa shape index (κ3) is 5.06. The van der Waals surface area contributed by atoms with Crippen LogP contribution in [0.4, 0.5) is 0 Å². The number of hydrogen-bond donors (Lipinski definition) is 1. The average molecular weight is 480 g/mol. The summed E-state index contributed by atoms with van der Waals surface area (Å²) in [6, 6.07) is 4.79. The number of hydrogen-bond acceptors (Lipinski definition) is 11. The average Bonchev–Trinajstić information content (AvgIpc) is 2.87. The first-order valence-corrected chi connectivity index (χ1v) is 10.2. The molecule has 0 spiro atoms. The number of ether oxygens (including phenoxy) is 9. The monoisotopic (exact) mass is 480 g/mol. The maximum Gasteiger partial charge on any atom is 0.208 e. The first-order valence-electron chi connectivity index (χ1n) is 10.2. The Bertz CT molecular complexity index is 966. The highest BCUT2D eigenvalue weighted by atomic mass is 16.7. The third-order valence-electron chi connectivity index (χ3n) is 5.02. The maximum atomic E-state index is 11.4. The number of phenols is 1. The predicted molar refractivity (Wildman–Crippen MR) is 118 cm³/mol. The van der Waals surface area contributed by atoms with Gasteiger partial charge in [0.25, 0.3) is 0 Å². The summed E-state index contributed by atoms with van der Waals surface area (Å²) in [4.78, 5) is 11.4. The van der Waals surface area contributed by atoms with E-state index in [2.05, 4.69) is 0 Å².